The summed E-state index contributed by atoms with van der Waals surface area (Å²) >= 11 is 6.04. The van der Waals surface area contributed by atoms with Gasteiger partial charge in [-0.15, -0.1) is 0 Å². The Morgan fingerprint density at radius 2 is 2.05 bits per heavy atom. The third kappa shape index (κ3) is 2.72. The molecule has 1 aromatic carbocycles. The van der Waals surface area contributed by atoms with E-state index in [2.05, 4.69) is 6.92 Å². The van der Waals surface area contributed by atoms with Gasteiger partial charge in [-0.25, -0.2) is 8.42 Å². The van der Waals surface area contributed by atoms with E-state index in [1.807, 2.05) is 6.92 Å². The molecule has 1 fully saturated rings. The Balaban J connectivity index is 2.52. The van der Waals surface area contributed by atoms with E-state index in [0.29, 0.717) is 23.0 Å². The number of nitrogens with two attached hydrogens (primary N) is 1. The van der Waals surface area contributed by atoms with Gasteiger partial charge in [-0.2, -0.15) is 4.31 Å². The predicted molar refractivity (Wildman–Crippen MR) is 81.2 cm³/mol. The molecule has 112 valence electrons. The van der Waals surface area contributed by atoms with Crippen molar-refractivity contribution in [2.45, 2.75) is 44.7 Å². The number of sulfonamides is 1. The van der Waals surface area contributed by atoms with Crippen LogP contribution in [0.1, 0.15) is 31.4 Å². The van der Waals surface area contributed by atoms with E-state index in [9.17, 15) is 8.42 Å². The van der Waals surface area contributed by atoms with Crippen molar-refractivity contribution in [3.05, 3.63) is 28.3 Å². The third-order valence-electron chi connectivity index (χ3n) is 3.97. The Morgan fingerprint density at radius 3 is 2.55 bits per heavy atom. The SMILES string of the molecule is Cc1c(CN)cc(Cl)cc1S(=O)(=O)N1CC(C)CC1C. The smallest absolute Gasteiger partial charge is 0.243 e. The Kier molecular flexibility index (Phi) is 4.44. The molecular weight excluding hydrogens is 296 g/mol. The maximum absolute atomic E-state index is 12.9. The number of halogens is 1. The van der Waals surface area contributed by atoms with Gasteiger partial charge in [-0.05, 0) is 49.4 Å². The highest BCUT2D eigenvalue weighted by Crippen LogP contribution is 2.32. The fraction of sp³-hybridized carbons (Fsp3) is 0.571. The van der Waals surface area contributed by atoms with Crippen LogP contribution in [0.3, 0.4) is 0 Å². The van der Waals surface area contributed by atoms with E-state index < -0.39 is 10.0 Å². The van der Waals surface area contributed by atoms with E-state index in [-0.39, 0.29) is 17.5 Å². The molecule has 1 aromatic rings. The Morgan fingerprint density at radius 1 is 1.40 bits per heavy atom. The van der Waals surface area contributed by atoms with E-state index in [0.717, 1.165) is 12.0 Å². The summed E-state index contributed by atoms with van der Waals surface area (Å²) in [4.78, 5) is 0.284. The molecule has 0 amide bonds. The fourth-order valence-electron chi connectivity index (χ4n) is 2.91. The van der Waals surface area contributed by atoms with Crippen LogP contribution in [0.4, 0.5) is 0 Å². The molecule has 2 atom stereocenters. The van der Waals surface area contributed by atoms with Crippen molar-refractivity contribution in [1.82, 2.24) is 4.31 Å². The molecule has 0 bridgehead atoms. The van der Waals surface area contributed by atoms with Crippen molar-refractivity contribution in [2.75, 3.05) is 6.54 Å². The fourth-order valence-corrected chi connectivity index (χ4v) is 5.27. The Hall–Kier alpha value is -0.620. The normalized spacial score (nSPS) is 24.2. The molecular formula is C14H21ClN2O2S. The van der Waals surface area contributed by atoms with Crippen molar-refractivity contribution in [2.24, 2.45) is 11.7 Å². The van der Waals surface area contributed by atoms with Gasteiger partial charge in [0.2, 0.25) is 10.0 Å². The first-order valence-corrected chi connectivity index (χ1v) is 8.60. The van der Waals surface area contributed by atoms with E-state index in [1.54, 1.807) is 17.3 Å². The van der Waals surface area contributed by atoms with Gasteiger partial charge in [0.1, 0.15) is 0 Å². The molecule has 0 aliphatic carbocycles. The Labute approximate surface area is 126 Å². The van der Waals surface area contributed by atoms with Crippen LogP contribution in [-0.4, -0.2) is 25.3 Å². The molecule has 2 rings (SSSR count). The van der Waals surface area contributed by atoms with Gasteiger partial charge in [-0.1, -0.05) is 18.5 Å². The molecule has 4 nitrogen and oxygen atoms in total. The second-order valence-corrected chi connectivity index (χ2v) is 7.95. The van der Waals surface area contributed by atoms with Crippen LogP contribution >= 0.6 is 11.6 Å². The molecule has 1 heterocycles. The van der Waals surface area contributed by atoms with Crippen molar-refractivity contribution < 1.29 is 8.42 Å². The molecule has 1 aliphatic heterocycles. The van der Waals surface area contributed by atoms with Crippen LogP contribution < -0.4 is 5.73 Å². The summed E-state index contributed by atoms with van der Waals surface area (Å²) < 4.78 is 27.3. The van der Waals surface area contributed by atoms with Crippen molar-refractivity contribution >= 4 is 21.6 Å². The zero-order chi connectivity index (χ0) is 15.1. The van der Waals surface area contributed by atoms with Gasteiger partial charge in [0, 0.05) is 24.2 Å². The van der Waals surface area contributed by atoms with E-state index >= 15 is 0 Å². The molecule has 0 spiro atoms. The molecule has 0 radical (unpaired) electrons. The highest BCUT2D eigenvalue weighted by Gasteiger charge is 2.37. The van der Waals surface area contributed by atoms with Gasteiger partial charge in [0.25, 0.3) is 0 Å². The highest BCUT2D eigenvalue weighted by atomic mass is 35.5. The van der Waals surface area contributed by atoms with Gasteiger partial charge in [0.15, 0.2) is 0 Å². The van der Waals surface area contributed by atoms with Gasteiger partial charge in [0.05, 0.1) is 4.90 Å². The van der Waals surface area contributed by atoms with Crippen molar-refractivity contribution in [3.8, 4) is 0 Å². The summed E-state index contributed by atoms with van der Waals surface area (Å²) in [6.45, 7) is 6.65. The summed E-state index contributed by atoms with van der Waals surface area (Å²) in [7, 11) is -3.51. The topological polar surface area (TPSA) is 63.4 Å². The zero-order valence-corrected chi connectivity index (χ0v) is 13.6. The number of nitrogens with zero attached hydrogens (tertiary/aromatic N) is 1. The number of benzene rings is 1. The lowest BCUT2D eigenvalue weighted by atomic mass is 10.1. The van der Waals surface area contributed by atoms with E-state index in [4.69, 9.17) is 17.3 Å². The van der Waals surface area contributed by atoms with Crippen LogP contribution in [-0.2, 0) is 16.6 Å². The second kappa shape index (κ2) is 5.64. The lowest BCUT2D eigenvalue weighted by Crippen LogP contribution is -2.34. The van der Waals surface area contributed by atoms with Crippen LogP contribution in [0.15, 0.2) is 17.0 Å². The third-order valence-corrected chi connectivity index (χ3v) is 6.29. The second-order valence-electron chi connectivity index (χ2n) is 5.66. The molecule has 1 saturated heterocycles. The lowest BCUT2D eigenvalue weighted by Gasteiger charge is -2.23. The molecule has 0 saturated carbocycles. The maximum Gasteiger partial charge on any atom is 0.243 e. The molecule has 6 heteroatoms. The van der Waals surface area contributed by atoms with Gasteiger partial charge >= 0.3 is 0 Å². The van der Waals surface area contributed by atoms with Crippen LogP contribution in [0.5, 0.6) is 0 Å². The number of hydrogen-bond donors (Lipinski definition) is 1. The first-order chi connectivity index (χ1) is 9.27. The monoisotopic (exact) mass is 316 g/mol. The average Bonchev–Trinajstić information content (AvgIpc) is 2.71. The summed E-state index contributed by atoms with van der Waals surface area (Å²) in [6, 6.07) is 3.28. The highest BCUT2D eigenvalue weighted by molar-refractivity contribution is 7.89. The van der Waals surface area contributed by atoms with Crippen LogP contribution in [0.2, 0.25) is 5.02 Å². The van der Waals surface area contributed by atoms with Gasteiger partial charge < -0.3 is 5.73 Å². The minimum absolute atomic E-state index is 0.0229. The molecule has 20 heavy (non-hydrogen) atoms. The molecule has 1 aliphatic rings. The molecule has 2 N–H and O–H groups in total. The van der Waals surface area contributed by atoms with E-state index in [1.165, 1.54) is 6.07 Å². The van der Waals surface area contributed by atoms with Gasteiger partial charge in [-0.3, -0.25) is 0 Å². The number of hydrogen-bond acceptors (Lipinski definition) is 3. The minimum atomic E-state index is -3.51. The maximum atomic E-state index is 12.9. The largest absolute Gasteiger partial charge is 0.326 e. The summed E-state index contributed by atoms with van der Waals surface area (Å²) in [5.41, 5.74) is 7.14. The summed E-state index contributed by atoms with van der Waals surface area (Å²) in [5, 5.41) is 0.412. The summed E-state index contributed by atoms with van der Waals surface area (Å²) in [6.07, 6.45) is 0.891. The lowest BCUT2D eigenvalue weighted by molar-refractivity contribution is 0.405. The summed E-state index contributed by atoms with van der Waals surface area (Å²) in [5.74, 6) is 0.383. The van der Waals surface area contributed by atoms with Crippen molar-refractivity contribution in [3.63, 3.8) is 0 Å². The molecule has 2 unspecified atom stereocenters. The minimum Gasteiger partial charge on any atom is -0.326 e. The standard InChI is InChI=1S/C14H21ClN2O2S/c1-9-4-10(2)17(8-9)20(18,19)14-6-13(15)5-12(7-16)11(14)3/h5-6,9-10H,4,7-8,16H2,1-3H3. The first-order valence-electron chi connectivity index (χ1n) is 6.78. The first kappa shape index (κ1) is 15.8. The Bertz CT molecular complexity index is 616. The van der Waals surface area contributed by atoms with Crippen molar-refractivity contribution in [1.29, 1.82) is 0 Å². The average molecular weight is 317 g/mol. The predicted octanol–water partition coefficient (Wildman–Crippen LogP) is 2.53. The molecule has 0 aromatic heterocycles. The quantitative estimate of drug-likeness (QED) is 0.932. The zero-order valence-electron chi connectivity index (χ0n) is 12.1. The van der Waals surface area contributed by atoms with Crippen LogP contribution in [0.25, 0.3) is 0 Å². The van der Waals surface area contributed by atoms with Crippen LogP contribution in [0, 0.1) is 12.8 Å². The number of rotatable bonds is 3.